The van der Waals surface area contributed by atoms with Crippen molar-refractivity contribution in [2.45, 2.75) is 26.1 Å². The Morgan fingerprint density at radius 2 is 1.79 bits per heavy atom. The van der Waals surface area contributed by atoms with Crippen molar-refractivity contribution in [2.75, 3.05) is 5.73 Å². The number of nitrogen functional groups attached to an aromatic ring is 1. The van der Waals surface area contributed by atoms with Crippen LogP contribution >= 0.6 is 0 Å². The van der Waals surface area contributed by atoms with Crippen LogP contribution in [-0.2, 0) is 13.2 Å². The Labute approximate surface area is 135 Å². The summed E-state index contributed by atoms with van der Waals surface area (Å²) in [5.41, 5.74) is 4.76. The van der Waals surface area contributed by atoms with Crippen molar-refractivity contribution in [2.24, 2.45) is 7.05 Å². The third-order valence-electron chi connectivity index (χ3n) is 3.50. The number of alkyl halides is 3. The lowest BCUT2D eigenvalue weighted by Crippen LogP contribution is -2.09. The number of nitrogens with two attached hydrogens (primary N) is 1. The molecule has 0 spiro atoms. The fraction of sp³-hybridized carbons (Fsp3) is 0.357. The molecule has 3 aromatic heterocycles. The summed E-state index contributed by atoms with van der Waals surface area (Å²) < 4.78 is 44.3. The fourth-order valence-corrected chi connectivity index (χ4v) is 2.33. The van der Waals surface area contributed by atoms with E-state index in [1.54, 1.807) is 24.1 Å². The normalized spacial score (nSPS) is 12.3. The average molecular weight is 339 g/mol. The predicted octanol–water partition coefficient (Wildman–Crippen LogP) is 2.65. The van der Waals surface area contributed by atoms with Gasteiger partial charge in [0, 0.05) is 31.5 Å². The second kappa shape index (κ2) is 5.39. The highest BCUT2D eigenvalue weighted by Crippen LogP contribution is 2.39. The van der Waals surface area contributed by atoms with Crippen molar-refractivity contribution < 1.29 is 13.2 Å². The second-order valence-electron chi connectivity index (χ2n) is 5.64. The Kier molecular flexibility index (Phi) is 3.61. The highest BCUT2D eigenvalue weighted by Gasteiger charge is 2.40. The number of aromatic nitrogens is 6. The van der Waals surface area contributed by atoms with Gasteiger partial charge in [-0.15, -0.1) is 0 Å². The van der Waals surface area contributed by atoms with Gasteiger partial charge in [-0.3, -0.25) is 9.36 Å². The predicted molar refractivity (Wildman–Crippen MR) is 81.4 cm³/mol. The topological polar surface area (TPSA) is 79.5 Å². The van der Waals surface area contributed by atoms with Crippen LogP contribution in [0.15, 0.2) is 24.5 Å². The van der Waals surface area contributed by atoms with Gasteiger partial charge < -0.3 is 5.73 Å². The fourth-order valence-electron chi connectivity index (χ4n) is 2.33. The van der Waals surface area contributed by atoms with Crippen LogP contribution in [0.4, 0.5) is 19.0 Å². The van der Waals surface area contributed by atoms with Crippen molar-refractivity contribution in [1.82, 2.24) is 29.3 Å². The van der Waals surface area contributed by atoms with Crippen LogP contribution in [0.5, 0.6) is 0 Å². The minimum atomic E-state index is -4.66. The number of hydrogen-bond acceptors (Lipinski definition) is 4. The first kappa shape index (κ1) is 16.1. The maximum absolute atomic E-state index is 13.4. The number of hydrogen-bond donors (Lipinski definition) is 1. The Hall–Kier alpha value is -2.78. The lowest BCUT2D eigenvalue weighted by atomic mass is 10.1. The van der Waals surface area contributed by atoms with Crippen LogP contribution in [0.3, 0.4) is 0 Å². The van der Waals surface area contributed by atoms with Gasteiger partial charge in [0.05, 0.1) is 11.3 Å². The van der Waals surface area contributed by atoms with Crippen LogP contribution in [-0.4, -0.2) is 29.3 Å². The Bertz CT molecular complexity index is 869. The van der Waals surface area contributed by atoms with Gasteiger partial charge in [0.25, 0.3) is 0 Å². The van der Waals surface area contributed by atoms with E-state index < -0.39 is 11.9 Å². The van der Waals surface area contributed by atoms with Crippen molar-refractivity contribution in [3.05, 3.63) is 30.2 Å². The molecule has 0 radical (unpaired) electrons. The number of halogens is 3. The van der Waals surface area contributed by atoms with Crippen LogP contribution in [0.2, 0.25) is 0 Å². The molecule has 0 aliphatic carbocycles. The standard InChI is InChI=1S/C14H16F3N7/c1-8(2)23-7-4-9(19-23)11-12(14(15,16)17)21-24(13(11)18)10-5-6-22(3)20-10/h4-8H,18H2,1-3H3. The minimum Gasteiger partial charge on any atom is -0.383 e. The minimum absolute atomic E-state index is 0.0140. The Balaban J connectivity index is 2.21. The van der Waals surface area contributed by atoms with E-state index in [9.17, 15) is 13.2 Å². The number of rotatable bonds is 3. The SMILES string of the molecule is CC(C)n1ccc(-c2c(C(F)(F)F)nn(-c3ccn(C)n3)c2N)n1. The molecule has 0 aliphatic heterocycles. The maximum Gasteiger partial charge on any atom is 0.435 e. The first-order valence-electron chi connectivity index (χ1n) is 7.19. The molecule has 3 rings (SSSR count). The van der Waals surface area contributed by atoms with Gasteiger partial charge in [-0.2, -0.15) is 33.1 Å². The van der Waals surface area contributed by atoms with E-state index in [0.717, 1.165) is 4.68 Å². The Morgan fingerprint density at radius 1 is 1.08 bits per heavy atom. The molecule has 24 heavy (non-hydrogen) atoms. The maximum atomic E-state index is 13.4. The summed E-state index contributed by atoms with van der Waals surface area (Å²) in [6.45, 7) is 3.75. The molecule has 3 aromatic rings. The van der Waals surface area contributed by atoms with Crippen LogP contribution in [0.25, 0.3) is 17.1 Å². The zero-order chi connectivity index (χ0) is 17.6. The molecule has 3 heterocycles. The number of nitrogens with zero attached hydrogens (tertiary/aromatic N) is 6. The van der Waals surface area contributed by atoms with Crippen molar-refractivity contribution in [3.63, 3.8) is 0 Å². The molecule has 0 fully saturated rings. The summed E-state index contributed by atoms with van der Waals surface area (Å²) in [5, 5.41) is 11.9. The molecule has 0 aromatic carbocycles. The molecule has 2 N–H and O–H groups in total. The van der Waals surface area contributed by atoms with Gasteiger partial charge in [0.2, 0.25) is 0 Å². The molecule has 128 valence electrons. The molecule has 7 nitrogen and oxygen atoms in total. The van der Waals surface area contributed by atoms with E-state index in [0.29, 0.717) is 0 Å². The van der Waals surface area contributed by atoms with Gasteiger partial charge in [-0.05, 0) is 19.9 Å². The molecule has 0 saturated carbocycles. The van der Waals surface area contributed by atoms with E-state index in [2.05, 4.69) is 15.3 Å². The summed E-state index contributed by atoms with van der Waals surface area (Å²) in [4.78, 5) is 0. The van der Waals surface area contributed by atoms with Gasteiger partial charge in [-0.25, -0.2) is 0 Å². The molecular formula is C14H16F3N7. The zero-order valence-corrected chi connectivity index (χ0v) is 13.3. The number of anilines is 1. The smallest absolute Gasteiger partial charge is 0.383 e. The first-order chi connectivity index (χ1) is 11.2. The van der Waals surface area contributed by atoms with Gasteiger partial charge >= 0.3 is 6.18 Å². The molecular weight excluding hydrogens is 323 g/mol. The van der Waals surface area contributed by atoms with Gasteiger partial charge in [0.1, 0.15) is 5.82 Å². The summed E-state index contributed by atoms with van der Waals surface area (Å²) >= 11 is 0. The van der Waals surface area contributed by atoms with Gasteiger partial charge in [-0.1, -0.05) is 0 Å². The molecule has 10 heteroatoms. The van der Waals surface area contributed by atoms with Crippen molar-refractivity contribution >= 4 is 5.82 Å². The monoisotopic (exact) mass is 339 g/mol. The lowest BCUT2D eigenvalue weighted by Gasteiger charge is -2.06. The quantitative estimate of drug-likeness (QED) is 0.795. The summed E-state index contributed by atoms with van der Waals surface area (Å²) in [7, 11) is 1.65. The highest BCUT2D eigenvalue weighted by molar-refractivity contribution is 5.75. The van der Waals surface area contributed by atoms with Crippen molar-refractivity contribution in [3.8, 4) is 17.1 Å². The zero-order valence-electron chi connectivity index (χ0n) is 13.3. The molecule has 0 unspecified atom stereocenters. The molecule has 0 atom stereocenters. The van der Waals surface area contributed by atoms with Crippen molar-refractivity contribution in [1.29, 1.82) is 0 Å². The third kappa shape index (κ3) is 2.63. The highest BCUT2D eigenvalue weighted by atomic mass is 19.4. The average Bonchev–Trinajstić information content (AvgIpc) is 3.15. The van der Waals surface area contributed by atoms with Crippen LogP contribution in [0, 0.1) is 0 Å². The Morgan fingerprint density at radius 3 is 2.29 bits per heavy atom. The molecule has 0 aliphatic rings. The molecule has 0 amide bonds. The largest absolute Gasteiger partial charge is 0.435 e. The van der Waals surface area contributed by atoms with E-state index in [4.69, 9.17) is 5.73 Å². The lowest BCUT2D eigenvalue weighted by molar-refractivity contribution is -0.140. The van der Waals surface area contributed by atoms with E-state index in [1.165, 1.54) is 16.8 Å². The second-order valence-corrected chi connectivity index (χ2v) is 5.64. The van der Waals surface area contributed by atoms with Gasteiger partial charge in [0.15, 0.2) is 11.5 Å². The van der Waals surface area contributed by atoms with E-state index in [1.807, 2.05) is 13.8 Å². The first-order valence-corrected chi connectivity index (χ1v) is 7.19. The third-order valence-corrected chi connectivity index (χ3v) is 3.50. The van der Waals surface area contributed by atoms with E-state index >= 15 is 0 Å². The van der Waals surface area contributed by atoms with Crippen LogP contribution in [0.1, 0.15) is 25.6 Å². The summed E-state index contributed by atoms with van der Waals surface area (Å²) in [6.07, 6.45) is -1.46. The summed E-state index contributed by atoms with van der Waals surface area (Å²) in [6, 6.07) is 3.03. The molecule has 0 bridgehead atoms. The molecule has 0 saturated heterocycles. The van der Waals surface area contributed by atoms with Crippen LogP contribution < -0.4 is 5.73 Å². The van der Waals surface area contributed by atoms with E-state index in [-0.39, 0.29) is 28.9 Å². The number of aryl methyl sites for hydroxylation is 1. The summed E-state index contributed by atoms with van der Waals surface area (Å²) in [5.74, 6) is 0.0464.